The average molecular weight is 449 g/mol. The second kappa shape index (κ2) is 11.1. The van der Waals surface area contributed by atoms with Crippen LogP contribution in [-0.2, 0) is 14.3 Å². The molecule has 1 aliphatic rings. The first-order chi connectivity index (χ1) is 15.5. The van der Waals surface area contributed by atoms with Gasteiger partial charge in [-0.1, -0.05) is 65.3 Å². The minimum absolute atomic E-state index is 0.163. The minimum atomic E-state index is -1.11. The summed E-state index contributed by atoms with van der Waals surface area (Å²) in [6, 6.07) is 8.75. The fourth-order valence-electron chi connectivity index (χ4n) is 3.96. The zero-order valence-corrected chi connectivity index (χ0v) is 20.9. The normalized spacial score (nSPS) is 16.8. The van der Waals surface area contributed by atoms with Crippen molar-refractivity contribution in [3.05, 3.63) is 87.7 Å². The lowest BCUT2D eigenvalue weighted by Gasteiger charge is -2.38. The van der Waals surface area contributed by atoms with Crippen LogP contribution in [0.1, 0.15) is 66.4 Å². The van der Waals surface area contributed by atoms with Crippen LogP contribution in [-0.4, -0.2) is 23.8 Å². The number of carbonyl (C=O) groups excluding carboxylic acids is 2. The van der Waals surface area contributed by atoms with E-state index in [2.05, 4.69) is 0 Å². The van der Waals surface area contributed by atoms with Gasteiger partial charge in [-0.2, -0.15) is 0 Å². The van der Waals surface area contributed by atoms with Crippen LogP contribution in [0.25, 0.3) is 5.76 Å². The van der Waals surface area contributed by atoms with Crippen LogP contribution in [0.15, 0.2) is 82.2 Å². The number of ketones is 2. The maximum Gasteiger partial charge on any atom is 0.200 e. The SMILES string of the molecule is COC1=C(CC=C(C)C)C(=O)/C(=C(/O)c2ccccc2)C(=O)C1(CC=C(C)C)CC=C(C)C. The van der Waals surface area contributed by atoms with Crippen molar-refractivity contribution in [1.29, 1.82) is 0 Å². The Morgan fingerprint density at radius 3 is 1.85 bits per heavy atom. The molecular weight excluding hydrogens is 412 g/mol. The molecule has 176 valence electrons. The zero-order chi connectivity index (χ0) is 24.8. The van der Waals surface area contributed by atoms with Crippen molar-refractivity contribution >= 4 is 17.3 Å². The number of hydrogen-bond acceptors (Lipinski definition) is 4. The van der Waals surface area contributed by atoms with Gasteiger partial charge < -0.3 is 9.84 Å². The lowest BCUT2D eigenvalue weighted by Crippen LogP contribution is -2.43. The number of hydrogen-bond donors (Lipinski definition) is 1. The van der Waals surface area contributed by atoms with E-state index in [-0.39, 0.29) is 11.3 Å². The molecule has 0 aliphatic heterocycles. The third kappa shape index (κ3) is 5.81. The van der Waals surface area contributed by atoms with Crippen molar-refractivity contribution in [2.75, 3.05) is 7.11 Å². The molecule has 0 fully saturated rings. The van der Waals surface area contributed by atoms with Gasteiger partial charge in [0, 0.05) is 11.1 Å². The molecule has 1 aromatic carbocycles. The van der Waals surface area contributed by atoms with Crippen LogP contribution >= 0.6 is 0 Å². The smallest absolute Gasteiger partial charge is 0.200 e. The average Bonchev–Trinajstić information content (AvgIpc) is 2.77. The van der Waals surface area contributed by atoms with Gasteiger partial charge in [-0.3, -0.25) is 9.59 Å². The zero-order valence-electron chi connectivity index (χ0n) is 20.9. The summed E-state index contributed by atoms with van der Waals surface area (Å²) in [6.07, 6.45) is 7.03. The number of Topliss-reactive ketones (excluding diaryl/α,β-unsaturated/α-hetero) is 2. The van der Waals surface area contributed by atoms with Crippen LogP contribution in [0.3, 0.4) is 0 Å². The van der Waals surface area contributed by atoms with E-state index in [1.807, 2.05) is 65.8 Å². The van der Waals surface area contributed by atoms with Gasteiger partial charge in [0.2, 0.25) is 0 Å². The number of methoxy groups -OCH3 is 1. The lowest BCUT2D eigenvalue weighted by atomic mass is 9.65. The topological polar surface area (TPSA) is 63.6 Å². The summed E-state index contributed by atoms with van der Waals surface area (Å²) in [5.74, 6) is -0.758. The molecule has 0 spiro atoms. The summed E-state index contributed by atoms with van der Waals surface area (Å²) in [5.41, 5.74) is 2.77. The Hall–Kier alpha value is -3.14. The van der Waals surface area contributed by atoms with E-state index in [4.69, 9.17) is 4.74 Å². The molecule has 0 saturated heterocycles. The second-order valence-corrected chi connectivity index (χ2v) is 9.30. The van der Waals surface area contributed by atoms with Crippen molar-refractivity contribution in [3.63, 3.8) is 0 Å². The molecule has 4 heteroatoms. The van der Waals surface area contributed by atoms with E-state index in [1.54, 1.807) is 24.3 Å². The Morgan fingerprint density at radius 2 is 1.39 bits per heavy atom. The second-order valence-electron chi connectivity index (χ2n) is 9.30. The van der Waals surface area contributed by atoms with Gasteiger partial charge in [0.1, 0.15) is 17.1 Å². The van der Waals surface area contributed by atoms with Crippen molar-refractivity contribution < 1.29 is 19.4 Å². The highest BCUT2D eigenvalue weighted by atomic mass is 16.5. The van der Waals surface area contributed by atoms with Crippen molar-refractivity contribution in [2.45, 2.75) is 60.8 Å². The summed E-state index contributed by atoms with van der Waals surface area (Å²) < 4.78 is 5.84. The van der Waals surface area contributed by atoms with E-state index in [0.717, 1.165) is 16.7 Å². The molecule has 1 N–H and O–H groups in total. The predicted octanol–water partition coefficient (Wildman–Crippen LogP) is 7.06. The molecule has 0 unspecified atom stereocenters. The standard InChI is InChI=1S/C29H36O4/c1-19(2)13-14-23-26(31)24(25(30)22-11-9-8-10-12-22)27(32)29(28(23)33-7,17-15-20(3)4)18-16-21(5)6/h8-13,15-16,30H,14,17-18H2,1-7H3/b25-24-. The molecule has 0 radical (unpaired) electrons. The summed E-state index contributed by atoms with van der Waals surface area (Å²) in [5, 5.41) is 11.2. The van der Waals surface area contributed by atoms with Crippen molar-refractivity contribution in [1.82, 2.24) is 0 Å². The van der Waals surface area contributed by atoms with Gasteiger partial charge in [-0.15, -0.1) is 0 Å². The number of ether oxygens (including phenoxy) is 1. The van der Waals surface area contributed by atoms with E-state index < -0.39 is 17.0 Å². The van der Waals surface area contributed by atoms with Gasteiger partial charge in [0.25, 0.3) is 0 Å². The summed E-state index contributed by atoms with van der Waals surface area (Å²) in [4.78, 5) is 27.8. The maximum absolute atomic E-state index is 14.1. The molecule has 1 aliphatic carbocycles. The largest absolute Gasteiger partial charge is 0.506 e. The molecule has 0 amide bonds. The number of rotatable bonds is 8. The highest BCUT2D eigenvalue weighted by molar-refractivity contribution is 6.34. The highest BCUT2D eigenvalue weighted by Gasteiger charge is 2.52. The van der Waals surface area contributed by atoms with Crippen LogP contribution in [0, 0.1) is 5.41 Å². The molecule has 4 nitrogen and oxygen atoms in total. The van der Waals surface area contributed by atoms with Crippen LogP contribution in [0.4, 0.5) is 0 Å². The number of allylic oxidation sites excluding steroid dienone is 9. The molecular formula is C29H36O4. The van der Waals surface area contributed by atoms with E-state index >= 15 is 0 Å². The van der Waals surface area contributed by atoms with Gasteiger partial charge in [-0.25, -0.2) is 0 Å². The monoisotopic (exact) mass is 448 g/mol. The highest BCUT2D eigenvalue weighted by Crippen LogP contribution is 2.48. The van der Waals surface area contributed by atoms with Gasteiger partial charge >= 0.3 is 0 Å². The van der Waals surface area contributed by atoms with E-state index in [9.17, 15) is 14.7 Å². The molecule has 0 heterocycles. The van der Waals surface area contributed by atoms with E-state index in [1.165, 1.54) is 7.11 Å². The van der Waals surface area contributed by atoms with Gasteiger partial charge in [0.05, 0.1) is 12.5 Å². The fourth-order valence-corrected chi connectivity index (χ4v) is 3.96. The molecule has 1 aromatic rings. The number of carbonyl (C=O) groups is 2. The van der Waals surface area contributed by atoms with Gasteiger partial charge in [-0.05, 0) is 60.8 Å². The molecule has 0 bridgehead atoms. The predicted molar refractivity (Wildman–Crippen MR) is 135 cm³/mol. The molecule has 33 heavy (non-hydrogen) atoms. The first kappa shape index (κ1) is 26.1. The summed E-state index contributed by atoms with van der Waals surface area (Å²) in [6.45, 7) is 11.8. The van der Waals surface area contributed by atoms with E-state index in [0.29, 0.717) is 36.2 Å². The number of aliphatic hydroxyl groups excluding tert-OH is 1. The third-order valence-corrected chi connectivity index (χ3v) is 5.79. The fraction of sp³-hybridized carbons (Fsp3) is 0.379. The summed E-state index contributed by atoms with van der Waals surface area (Å²) in [7, 11) is 1.52. The quantitative estimate of drug-likeness (QED) is 0.200. The Labute approximate surface area is 198 Å². The maximum atomic E-state index is 14.1. The Balaban J connectivity index is 2.94. The Kier molecular flexibility index (Phi) is 8.81. The van der Waals surface area contributed by atoms with Crippen LogP contribution in [0.5, 0.6) is 0 Å². The lowest BCUT2D eigenvalue weighted by molar-refractivity contribution is -0.128. The number of benzene rings is 1. The number of aliphatic hydroxyl groups is 1. The van der Waals surface area contributed by atoms with Crippen LogP contribution in [0.2, 0.25) is 0 Å². The van der Waals surface area contributed by atoms with Crippen molar-refractivity contribution in [3.8, 4) is 0 Å². The third-order valence-electron chi connectivity index (χ3n) is 5.79. The molecule has 0 saturated carbocycles. The molecule has 0 atom stereocenters. The summed E-state index contributed by atoms with van der Waals surface area (Å²) >= 11 is 0. The van der Waals surface area contributed by atoms with Gasteiger partial charge in [0.15, 0.2) is 11.6 Å². The first-order valence-electron chi connectivity index (χ1n) is 11.3. The van der Waals surface area contributed by atoms with Crippen LogP contribution < -0.4 is 0 Å². The first-order valence-corrected chi connectivity index (χ1v) is 11.3. The Morgan fingerprint density at radius 1 is 0.879 bits per heavy atom. The molecule has 0 aromatic heterocycles. The molecule has 2 rings (SSSR count). The Bertz CT molecular complexity index is 1030. The minimum Gasteiger partial charge on any atom is -0.506 e. The van der Waals surface area contributed by atoms with Crippen molar-refractivity contribution in [2.24, 2.45) is 5.41 Å².